The first-order chi connectivity index (χ1) is 11.4. The fourth-order valence-electron chi connectivity index (χ4n) is 2.49. The highest BCUT2D eigenvalue weighted by atomic mass is 16.4. The van der Waals surface area contributed by atoms with Crippen LogP contribution < -0.4 is 5.32 Å². The van der Waals surface area contributed by atoms with Crippen LogP contribution in [0.2, 0.25) is 0 Å². The number of benzene rings is 1. The molecule has 0 saturated carbocycles. The second-order valence-electron chi connectivity index (χ2n) is 6.15. The van der Waals surface area contributed by atoms with Crippen LogP contribution in [-0.4, -0.2) is 38.5 Å². The molecule has 1 unspecified atom stereocenters. The summed E-state index contributed by atoms with van der Waals surface area (Å²) in [4.78, 5) is 23.6. The Kier molecular flexibility index (Phi) is 5.68. The number of carboxylic acid groups (broad SMARTS) is 1. The van der Waals surface area contributed by atoms with Crippen LogP contribution in [-0.2, 0) is 4.79 Å². The van der Waals surface area contributed by atoms with E-state index in [1.807, 2.05) is 44.2 Å². The van der Waals surface area contributed by atoms with Gasteiger partial charge in [-0.2, -0.15) is 0 Å². The number of aliphatic carboxylic acids is 1. The number of hydrogen-bond acceptors (Lipinski definition) is 4. The largest absolute Gasteiger partial charge is 0.481 e. The number of nitrogens with zero attached hydrogens (tertiary/aromatic N) is 3. The molecule has 0 saturated heterocycles. The van der Waals surface area contributed by atoms with Gasteiger partial charge in [0.05, 0.1) is 17.3 Å². The maximum atomic E-state index is 12.3. The van der Waals surface area contributed by atoms with Crippen molar-refractivity contribution >= 4 is 11.9 Å². The molecule has 0 fully saturated rings. The smallest absolute Gasteiger partial charge is 0.308 e. The van der Waals surface area contributed by atoms with Crippen LogP contribution in [0.15, 0.2) is 30.3 Å². The standard InChI is InChI=1S/C17H22N4O3/c1-11(2)9-13(17(23)24)10-18-16(22)15-12(3)21(20-19-15)14-7-5-4-6-8-14/h4-8,11,13H,9-10H2,1-3H3,(H,18,22)(H,23,24). The number of rotatable bonds is 7. The third kappa shape index (κ3) is 4.18. The van der Waals surface area contributed by atoms with Crippen molar-refractivity contribution < 1.29 is 14.7 Å². The van der Waals surface area contributed by atoms with Crippen molar-refractivity contribution in [3.63, 3.8) is 0 Å². The molecule has 0 radical (unpaired) electrons. The molecule has 0 aliphatic carbocycles. The Labute approximate surface area is 140 Å². The van der Waals surface area contributed by atoms with Crippen LogP contribution in [0.25, 0.3) is 5.69 Å². The number of amides is 1. The zero-order chi connectivity index (χ0) is 17.7. The van der Waals surface area contributed by atoms with Gasteiger partial charge in [-0.1, -0.05) is 37.3 Å². The number of carbonyl (C=O) groups excluding carboxylic acids is 1. The number of para-hydroxylation sites is 1. The third-order valence-electron chi connectivity index (χ3n) is 3.72. The molecule has 0 aliphatic heterocycles. The number of hydrogen-bond donors (Lipinski definition) is 2. The quantitative estimate of drug-likeness (QED) is 0.810. The lowest BCUT2D eigenvalue weighted by Crippen LogP contribution is -2.34. The van der Waals surface area contributed by atoms with Crippen molar-refractivity contribution in [3.8, 4) is 5.69 Å². The van der Waals surface area contributed by atoms with Gasteiger partial charge in [0, 0.05) is 6.54 Å². The zero-order valence-electron chi connectivity index (χ0n) is 14.1. The molecule has 0 spiro atoms. The summed E-state index contributed by atoms with van der Waals surface area (Å²) >= 11 is 0. The molecule has 24 heavy (non-hydrogen) atoms. The molecule has 7 heteroatoms. The average Bonchev–Trinajstić information content (AvgIpc) is 2.93. The Bertz CT molecular complexity index is 710. The summed E-state index contributed by atoms with van der Waals surface area (Å²) in [6, 6.07) is 9.38. The van der Waals surface area contributed by atoms with Gasteiger partial charge in [-0.15, -0.1) is 5.10 Å². The summed E-state index contributed by atoms with van der Waals surface area (Å²) in [7, 11) is 0. The molecule has 7 nitrogen and oxygen atoms in total. The van der Waals surface area contributed by atoms with Gasteiger partial charge in [-0.05, 0) is 31.4 Å². The number of aromatic nitrogens is 3. The third-order valence-corrected chi connectivity index (χ3v) is 3.72. The molecule has 1 atom stereocenters. The lowest BCUT2D eigenvalue weighted by molar-refractivity contribution is -0.142. The van der Waals surface area contributed by atoms with Gasteiger partial charge < -0.3 is 10.4 Å². The monoisotopic (exact) mass is 330 g/mol. The highest BCUT2D eigenvalue weighted by Gasteiger charge is 2.22. The molecule has 1 aromatic carbocycles. The molecule has 2 rings (SSSR count). The highest BCUT2D eigenvalue weighted by molar-refractivity contribution is 5.93. The van der Waals surface area contributed by atoms with Gasteiger partial charge in [-0.25, -0.2) is 4.68 Å². The van der Waals surface area contributed by atoms with Gasteiger partial charge in [0.2, 0.25) is 0 Å². The van der Waals surface area contributed by atoms with Crippen LogP contribution in [0.3, 0.4) is 0 Å². The highest BCUT2D eigenvalue weighted by Crippen LogP contribution is 2.13. The number of nitrogens with one attached hydrogen (secondary N) is 1. The van der Waals surface area contributed by atoms with E-state index in [-0.39, 0.29) is 18.2 Å². The summed E-state index contributed by atoms with van der Waals surface area (Å²) < 4.78 is 1.58. The molecule has 128 valence electrons. The predicted octanol–water partition coefficient (Wildman–Crippen LogP) is 2.05. The van der Waals surface area contributed by atoms with Gasteiger partial charge in [0.15, 0.2) is 5.69 Å². The van der Waals surface area contributed by atoms with E-state index in [2.05, 4.69) is 15.6 Å². The van der Waals surface area contributed by atoms with Crippen LogP contribution in [0.4, 0.5) is 0 Å². The van der Waals surface area contributed by atoms with Crippen molar-refractivity contribution in [2.45, 2.75) is 27.2 Å². The normalized spacial score (nSPS) is 12.2. The van der Waals surface area contributed by atoms with Crippen molar-refractivity contribution in [2.24, 2.45) is 11.8 Å². The minimum atomic E-state index is -0.909. The van der Waals surface area contributed by atoms with E-state index >= 15 is 0 Å². The average molecular weight is 330 g/mol. The molecular weight excluding hydrogens is 308 g/mol. The van der Waals surface area contributed by atoms with E-state index in [0.717, 1.165) is 5.69 Å². The first kappa shape index (κ1) is 17.7. The first-order valence-corrected chi connectivity index (χ1v) is 7.89. The van der Waals surface area contributed by atoms with Crippen molar-refractivity contribution in [2.75, 3.05) is 6.54 Å². The fourth-order valence-corrected chi connectivity index (χ4v) is 2.49. The molecule has 2 N–H and O–H groups in total. The van der Waals surface area contributed by atoms with E-state index in [1.54, 1.807) is 11.6 Å². The van der Waals surface area contributed by atoms with Gasteiger partial charge >= 0.3 is 5.97 Å². The minimum absolute atomic E-state index is 0.0734. The summed E-state index contributed by atoms with van der Waals surface area (Å²) in [5.41, 5.74) is 1.62. The zero-order valence-corrected chi connectivity index (χ0v) is 14.1. The Morgan fingerprint density at radius 1 is 1.25 bits per heavy atom. The van der Waals surface area contributed by atoms with Crippen molar-refractivity contribution in [1.29, 1.82) is 0 Å². The molecular formula is C17H22N4O3. The SMILES string of the molecule is Cc1c(C(=O)NCC(CC(C)C)C(=O)O)nnn1-c1ccccc1. The van der Waals surface area contributed by atoms with Crippen LogP contribution >= 0.6 is 0 Å². The van der Waals surface area contributed by atoms with E-state index in [9.17, 15) is 14.7 Å². The maximum absolute atomic E-state index is 12.3. The second kappa shape index (κ2) is 7.72. The van der Waals surface area contributed by atoms with Crippen LogP contribution in [0.1, 0.15) is 36.5 Å². The van der Waals surface area contributed by atoms with Crippen molar-refractivity contribution in [3.05, 3.63) is 41.7 Å². The van der Waals surface area contributed by atoms with Crippen LogP contribution in [0.5, 0.6) is 0 Å². The molecule has 1 amide bonds. The van der Waals surface area contributed by atoms with Crippen molar-refractivity contribution in [1.82, 2.24) is 20.3 Å². The lowest BCUT2D eigenvalue weighted by atomic mass is 9.97. The first-order valence-electron chi connectivity index (χ1n) is 7.89. The Balaban J connectivity index is 2.08. The maximum Gasteiger partial charge on any atom is 0.308 e. The fraction of sp³-hybridized carbons (Fsp3) is 0.412. The minimum Gasteiger partial charge on any atom is -0.481 e. The van der Waals surface area contributed by atoms with Gasteiger partial charge in [0.25, 0.3) is 5.91 Å². The topological polar surface area (TPSA) is 97.1 Å². The van der Waals surface area contributed by atoms with Gasteiger partial charge in [-0.3, -0.25) is 9.59 Å². The summed E-state index contributed by atoms with van der Waals surface area (Å²) in [5.74, 6) is -1.69. The van der Waals surface area contributed by atoms with E-state index in [1.165, 1.54) is 0 Å². The lowest BCUT2D eigenvalue weighted by Gasteiger charge is -2.15. The molecule has 2 aromatic rings. The van der Waals surface area contributed by atoms with Crippen LogP contribution in [0, 0.1) is 18.8 Å². The summed E-state index contributed by atoms with van der Waals surface area (Å²) in [6.07, 6.45) is 0.505. The van der Waals surface area contributed by atoms with E-state index in [0.29, 0.717) is 12.1 Å². The van der Waals surface area contributed by atoms with Gasteiger partial charge in [0.1, 0.15) is 0 Å². The molecule has 1 heterocycles. The Morgan fingerprint density at radius 3 is 2.50 bits per heavy atom. The molecule has 0 aliphatic rings. The predicted molar refractivity (Wildman–Crippen MR) is 89.0 cm³/mol. The summed E-state index contributed by atoms with van der Waals surface area (Å²) in [6.45, 7) is 5.73. The second-order valence-corrected chi connectivity index (χ2v) is 6.15. The summed E-state index contributed by atoms with van der Waals surface area (Å²) in [5, 5.41) is 19.8. The number of carboxylic acids is 1. The Hall–Kier alpha value is -2.70. The molecule has 0 bridgehead atoms. The van der Waals surface area contributed by atoms with E-state index < -0.39 is 17.8 Å². The molecule has 1 aromatic heterocycles. The Morgan fingerprint density at radius 2 is 1.92 bits per heavy atom. The van der Waals surface area contributed by atoms with E-state index in [4.69, 9.17) is 0 Å². The number of carbonyl (C=O) groups is 2.